The van der Waals surface area contributed by atoms with Crippen LogP contribution in [0.1, 0.15) is 18.0 Å². The predicted molar refractivity (Wildman–Crippen MR) is 73.6 cm³/mol. The van der Waals surface area contributed by atoms with Gasteiger partial charge in [-0.3, -0.25) is 4.90 Å². The number of imidazole rings is 1. The van der Waals surface area contributed by atoms with Gasteiger partial charge >= 0.3 is 0 Å². The fourth-order valence-electron chi connectivity index (χ4n) is 2.85. The van der Waals surface area contributed by atoms with Gasteiger partial charge in [0.1, 0.15) is 5.82 Å². The highest BCUT2D eigenvalue weighted by Crippen LogP contribution is 2.32. The molecule has 4 nitrogen and oxygen atoms in total. The van der Waals surface area contributed by atoms with Crippen molar-refractivity contribution in [2.24, 2.45) is 0 Å². The number of aromatic nitrogens is 2. The van der Waals surface area contributed by atoms with E-state index in [2.05, 4.69) is 9.88 Å². The van der Waals surface area contributed by atoms with Gasteiger partial charge in [-0.1, -0.05) is 12.1 Å². The summed E-state index contributed by atoms with van der Waals surface area (Å²) >= 11 is 0. The van der Waals surface area contributed by atoms with Crippen LogP contribution in [0.3, 0.4) is 0 Å². The third kappa shape index (κ3) is 2.89. The summed E-state index contributed by atoms with van der Waals surface area (Å²) < 4.78 is 15.4. The van der Waals surface area contributed by atoms with Gasteiger partial charge in [-0.15, -0.1) is 0 Å². The summed E-state index contributed by atoms with van der Waals surface area (Å²) in [6.07, 6.45) is 5.77. The van der Waals surface area contributed by atoms with Crippen molar-refractivity contribution in [3.05, 3.63) is 54.4 Å². The van der Waals surface area contributed by atoms with Gasteiger partial charge in [-0.2, -0.15) is 0 Å². The number of nitrogens with zero attached hydrogens (tertiary/aromatic N) is 3. The number of hydrogen-bond donors (Lipinski definition) is 1. The molecule has 1 aliphatic heterocycles. The first-order valence-corrected chi connectivity index (χ1v) is 6.85. The second kappa shape index (κ2) is 5.73. The van der Waals surface area contributed by atoms with E-state index < -0.39 is 0 Å². The van der Waals surface area contributed by atoms with Gasteiger partial charge in [0.05, 0.1) is 12.4 Å². The Morgan fingerprint density at radius 2 is 2.25 bits per heavy atom. The standard InChI is InChI=1S/C15H18FN3O/c16-13-3-1-2-12(8-13)15-9-14(20)10-19(15)7-6-18-5-4-17-11-18/h1-5,8,11,14-15,20H,6-7,9-10H2. The van der Waals surface area contributed by atoms with Gasteiger partial charge in [0.15, 0.2) is 0 Å². The van der Waals surface area contributed by atoms with Gasteiger partial charge in [0, 0.05) is 38.1 Å². The average molecular weight is 275 g/mol. The molecule has 0 aliphatic carbocycles. The number of rotatable bonds is 4. The minimum absolute atomic E-state index is 0.0872. The first-order valence-electron chi connectivity index (χ1n) is 6.85. The van der Waals surface area contributed by atoms with Crippen molar-refractivity contribution in [3.8, 4) is 0 Å². The third-order valence-corrected chi connectivity index (χ3v) is 3.82. The van der Waals surface area contributed by atoms with Crippen molar-refractivity contribution < 1.29 is 9.50 Å². The highest BCUT2D eigenvalue weighted by Gasteiger charge is 2.31. The van der Waals surface area contributed by atoms with E-state index in [0.29, 0.717) is 13.0 Å². The Morgan fingerprint density at radius 1 is 1.35 bits per heavy atom. The van der Waals surface area contributed by atoms with Crippen LogP contribution in [0.2, 0.25) is 0 Å². The SMILES string of the molecule is OC1CC(c2cccc(F)c2)N(CCn2ccnc2)C1. The lowest BCUT2D eigenvalue weighted by molar-refractivity contribution is 0.173. The van der Waals surface area contributed by atoms with Gasteiger partial charge in [0.25, 0.3) is 0 Å². The minimum atomic E-state index is -0.342. The van der Waals surface area contributed by atoms with E-state index >= 15 is 0 Å². The van der Waals surface area contributed by atoms with E-state index in [1.54, 1.807) is 24.7 Å². The van der Waals surface area contributed by atoms with Crippen LogP contribution in [0.15, 0.2) is 43.0 Å². The molecule has 20 heavy (non-hydrogen) atoms. The minimum Gasteiger partial charge on any atom is -0.392 e. The molecule has 0 spiro atoms. The second-order valence-corrected chi connectivity index (χ2v) is 5.26. The molecular weight excluding hydrogens is 257 g/mol. The smallest absolute Gasteiger partial charge is 0.123 e. The van der Waals surface area contributed by atoms with Crippen LogP contribution in [0.4, 0.5) is 4.39 Å². The Hall–Kier alpha value is -1.72. The lowest BCUT2D eigenvalue weighted by atomic mass is 10.0. The zero-order valence-electron chi connectivity index (χ0n) is 11.2. The molecule has 1 aromatic heterocycles. The summed E-state index contributed by atoms with van der Waals surface area (Å²) in [6, 6.07) is 6.75. The summed E-state index contributed by atoms with van der Waals surface area (Å²) in [5.74, 6) is -0.224. The summed E-state index contributed by atoms with van der Waals surface area (Å²) in [5, 5.41) is 9.90. The highest BCUT2D eigenvalue weighted by molar-refractivity contribution is 5.21. The average Bonchev–Trinajstić information content (AvgIpc) is 3.05. The predicted octanol–water partition coefficient (Wildman–Crippen LogP) is 1.83. The summed E-state index contributed by atoms with van der Waals surface area (Å²) in [5.41, 5.74) is 0.937. The van der Waals surface area contributed by atoms with Gasteiger partial charge in [0.2, 0.25) is 0 Å². The van der Waals surface area contributed by atoms with Crippen molar-refractivity contribution in [2.45, 2.75) is 25.1 Å². The fourth-order valence-corrected chi connectivity index (χ4v) is 2.85. The quantitative estimate of drug-likeness (QED) is 0.925. The van der Waals surface area contributed by atoms with Crippen LogP contribution in [0.25, 0.3) is 0 Å². The molecule has 2 atom stereocenters. The van der Waals surface area contributed by atoms with E-state index in [9.17, 15) is 9.50 Å². The van der Waals surface area contributed by atoms with Crippen LogP contribution in [0, 0.1) is 5.82 Å². The first kappa shape index (κ1) is 13.3. The molecule has 3 rings (SSSR count). The monoisotopic (exact) mass is 275 g/mol. The molecule has 0 saturated carbocycles. The van der Waals surface area contributed by atoms with Crippen LogP contribution in [0.5, 0.6) is 0 Å². The van der Waals surface area contributed by atoms with Crippen molar-refractivity contribution in [3.63, 3.8) is 0 Å². The molecule has 1 aromatic carbocycles. The summed E-state index contributed by atoms with van der Waals surface area (Å²) in [6.45, 7) is 2.27. The molecule has 0 bridgehead atoms. The summed E-state index contributed by atoms with van der Waals surface area (Å²) in [7, 11) is 0. The fraction of sp³-hybridized carbons (Fsp3) is 0.400. The highest BCUT2D eigenvalue weighted by atomic mass is 19.1. The van der Waals surface area contributed by atoms with E-state index in [0.717, 1.165) is 18.7 Å². The molecule has 2 aromatic rings. The number of halogens is 1. The van der Waals surface area contributed by atoms with Crippen LogP contribution < -0.4 is 0 Å². The Kier molecular flexibility index (Phi) is 3.80. The molecule has 1 saturated heterocycles. The van der Waals surface area contributed by atoms with E-state index in [4.69, 9.17) is 0 Å². The maximum atomic E-state index is 13.4. The number of aliphatic hydroxyl groups is 1. The lowest BCUT2D eigenvalue weighted by Gasteiger charge is -2.24. The Morgan fingerprint density at radius 3 is 3.00 bits per heavy atom. The zero-order valence-corrected chi connectivity index (χ0v) is 11.2. The van der Waals surface area contributed by atoms with Crippen molar-refractivity contribution in [1.29, 1.82) is 0 Å². The number of hydrogen-bond acceptors (Lipinski definition) is 3. The van der Waals surface area contributed by atoms with Crippen molar-refractivity contribution >= 4 is 0 Å². The molecule has 1 N–H and O–H groups in total. The number of aliphatic hydroxyl groups excluding tert-OH is 1. The zero-order chi connectivity index (χ0) is 13.9. The third-order valence-electron chi connectivity index (χ3n) is 3.82. The molecule has 2 unspecified atom stereocenters. The topological polar surface area (TPSA) is 41.3 Å². The van der Waals surface area contributed by atoms with Crippen LogP contribution >= 0.6 is 0 Å². The second-order valence-electron chi connectivity index (χ2n) is 5.26. The Bertz CT molecular complexity index is 558. The molecule has 1 aliphatic rings. The number of β-amino-alcohol motifs (C(OH)–C–C–N with tert-alkyl or cyclic N) is 1. The number of likely N-dealkylation sites (tertiary alicyclic amines) is 1. The molecule has 1 fully saturated rings. The van der Waals surface area contributed by atoms with Gasteiger partial charge in [-0.25, -0.2) is 9.37 Å². The maximum absolute atomic E-state index is 13.4. The molecule has 5 heteroatoms. The van der Waals surface area contributed by atoms with E-state index in [1.165, 1.54) is 6.07 Å². The molecule has 0 radical (unpaired) electrons. The maximum Gasteiger partial charge on any atom is 0.123 e. The molecule has 106 valence electrons. The lowest BCUT2D eigenvalue weighted by Crippen LogP contribution is -2.28. The Balaban J connectivity index is 1.71. The first-order chi connectivity index (χ1) is 9.72. The van der Waals surface area contributed by atoms with Crippen molar-refractivity contribution in [1.82, 2.24) is 14.5 Å². The van der Waals surface area contributed by atoms with Gasteiger partial charge < -0.3 is 9.67 Å². The van der Waals surface area contributed by atoms with Crippen LogP contribution in [-0.2, 0) is 6.54 Å². The normalized spacial score (nSPS) is 23.3. The summed E-state index contributed by atoms with van der Waals surface area (Å²) in [4.78, 5) is 6.22. The number of benzene rings is 1. The van der Waals surface area contributed by atoms with E-state index in [-0.39, 0.29) is 18.0 Å². The Labute approximate surface area is 117 Å². The van der Waals surface area contributed by atoms with E-state index in [1.807, 2.05) is 16.8 Å². The van der Waals surface area contributed by atoms with Crippen molar-refractivity contribution in [2.75, 3.05) is 13.1 Å². The largest absolute Gasteiger partial charge is 0.392 e. The molecule has 0 amide bonds. The molecule has 2 heterocycles. The van der Waals surface area contributed by atoms with Gasteiger partial charge in [-0.05, 0) is 24.1 Å². The van der Waals surface area contributed by atoms with Crippen LogP contribution in [-0.4, -0.2) is 38.8 Å². The molecular formula is C15H18FN3O.